The van der Waals surface area contributed by atoms with E-state index in [1.165, 1.54) is 0 Å². The van der Waals surface area contributed by atoms with Gasteiger partial charge in [0.15, 0.2) is 5.78 Å². The van der Waals surface area contributed by atoms with Gasteiger partial charge in [0.1, 0.15) is 11.0 Å². The van der Waals surface area contributed by atoms with E-state index in [1.807, 2.05) is 30.3 Å². The molecule has 2 N–H and O–H groups in total. The van der Waals surface area contributed by atoms with Crippen LogP contribution in [0.2, 0.25) is 10.0 Å². The number of hydrogen-bond acceptors (Lipinski definition) is 4. The van der Waals surface area contributed by atoms with Crippen LogP contribution in [0.15, 0.2) is 66.7 Å². The molecule has 4 aliphatic heterocycles. The maximum absolute atomic E-state index is 14.4. The highest BCUT2D eigenvalue weighted by atomic mass is 35.5. The van der Waals surface area contributed by atoms with Crippen LogP contribution in [0.4, 0.5) is 11.4 Å². The van der Waals surface area contributed by atoms with Gasteiger partial charge >= 0.3 is 0 Å². The molecule has 2 spiro atoms. The van der Waals surface area contributed by atoms with E-state index < -0.39 is 16.9 Å². The maximum atomic E-state index is 14.4. The summed E-state index contributed by atoms with van der Waals surface area (Å²) in [6, 6.07) is 19.2. The Morgan fingerprint density at radius 2 is 1.64 bits per heavy atom. The van der Waals surface area contributed by atoms with Gasteiger partial charge in [0, 0.05) is 27.9 Å². The molecule has 4 aliphatic rings. The number of rotatable bonds is 2. The minimum absolute atomic E-state index is 0.171. The Labute approximate surface area is 217 Å². The van der Waals surface area contributed by atoms with E-state index in [1.54, 1.807) is 36.4 Å². The summed E-state index contributed by atoms with van der Waals surface area (Å²) in [5, 5.41) is 6.96. The first-order valence-electron chi connectivity index (χ1n) is 12.0. The van der Waals surface area contributed by atoms with Crippen LogP contribution in [-0.4, -0.2) is 35.1 Å². The second-order valence-electron chi connectivity index (χ2n) is 9.89. The van der Waals surface area contributed by atoms with Crippen LogP contribution in [0.3, 0.4) is 0 Å². The van der Waals surface area contributed by atoms with E-state index in [4.69, 9.17) is 23.2 Å². The fraction of sp³-hybridized carbons (Fsp3) is 0.250. The molecule has 4 heterocycles. The average molecular weight is 518 g/mol. The topological polar surface area (TPSA) is 78.5 Å². The third-order valence-electron chi connectivity index (χ3n) is 8.49. The molecule has 0 aliphatic carbocycles. The summed E-state index contributed by atoms with van der Waals surface area (Å²) >= 11 is 12.7. The molecule has 4 atom stereocenters. The van der Waals surface area contributed by atoms with Crippen molar-refractivity contribution >= 4 is 52.2 Å². The number of Topliss-reactive ketones (excluding diaryl/α,β-unsaturated/α-hetero) is 1. The molecule has 6 nitrogen and oxygen atoms in total. The third kappa shape index (κ3) is 2.40. The Balaban J connectivity index is 1.59. The number of nitrogens with zero attached hydrogens (tertiary/aromatic N) is 1. The van der Waals surface area contributed by atoms with Crippen LogP contribution in [0.5, 0.6) is 0 Å². The Morgan fingerprint density at radius 1 is 0.889 bits per heavy atom. The normalized spacial score (nSPS) is 29.8. The molecule has 2 fully saturated rings. The van der Waals surface area contributed by atoms with Gasteiger partial charge in [-0.2, -0.15) is 0 Å². The number of carbonyl (C=O) groups excluding carboxylic acids is 3. The zero-order valence-corrected chi connectivity index (χ0v) is 20.6. The lowest BCUT2D eigenvalue weighted by molar-refractivity contribution is -0.137. The number of carbonyl (C=O) groups is 3. The second-order valence-corrected chi connectivity index (χ2v) is 10.7. The summed E-state index contributed by atoms with van der Waals surface area (Å²) in [6.07, 6.45) is 1.52. The zero-order valence-electron chi connectivity index (χ0n) is 19.1. The van der Waals surface area contributed by atoms with Crippen molar-refractivity contribution in [2.24, 2.45) is 5.92 Å². The first-order valence-corrected chi connectivity index (χ1v) is 12.8. The Morgan fingerprint density at radius 3 is 2.44 bits per heavy atom. The fourth-order valence-electron chi connectivity index (χ4n) is 7.36. The Hall–Kier alpha value is -3.19. The molecule has 7 rings (SSSR count). The van der Waals surface area contributed by atoms with Crippen molar-refractivity contribution in [3.8, 4) is 0 Å². The molecule has 0 unspecified atom stereocenters. The molecule has 0 saturated carbocycles. The molecule has 3 aromatic rings. The molecule has 0 bridgehead atoms. The highest BCUT2D eigenvalue weighted by Gasteiger charge is 2.81. The van der Waals surface area contributed by atoms with Crippen molar-refractivity contribution in [3.63, 3.8) is 0 Å². The van der Waals surface area contributed by atoms with Crippen LogP contribution in [-0.2, 0) is 20.5 Å². The van der Waals surface area contributed by atoms with Crippen molar-refractivity contribution in [1.29, 1.82) is 0 Å². The van der Waals surface area contributed by atoms with Gasteiger partial charge in [-0.3, -0.25) is 19.3 Å². The molecule has 3 aromatic carbocycles. The lowest BCUT2D eigenvalue weighted by Gasteiger charge is -2.43. The van der Waals surface area contributed by atoms with E-state index in [-0.39, 0.29) is 23.6 Å². The second kappa shape index (κ2) is 7.42. The molecule has 0 aromatic heterocycles. The molecular formula is C28H21Cl2N3O3. The van der Waals surface area contributed by atoms with Gasteiger partial charge in [-0.05, 0) is 61.3 Å². The van der Waals surface area contributed by atoms with E-state index in [0.29, 0.717) is 51.1 Å². The number of ketones is 1. The Kier molecular flexibility index (Phi) is 4.54. The fourth-order valence-corrected chi connectivity index (χ4v) is 7.71. The summed E-state index contributed by atoms with van der Waals surface area (Å²) in [5.74, 6) is -1.62. The number of fused-ring (bicyclic) bond motifs is 7. The molecule has 2 saturated heterocycles. The molecule has 180 valence electrons. The number of amides is 2. The summed E-state index contributed by atoms with van der Waals surface area (Å²) in [6.45, 7) is 0.589. The lowest BCUT2D eigenvalue weighted by Crippen LogP contribution is -2.62. The van der Waals surface area contributed by atoms with E-state index in [2.05, 4.69) is 15.5 Å². The summed E-state index contributed by atoms with van der Waals surface area (Å²) in [7, 11) is 0. The van der Waals surface area contributed by atoms with Gasteiger partial charge in [0.2, 0.25) is 5.91 Å². The molecule has 8 heteroatoms. The zero-order chi connectivity index (χ0) is 24.8. The number of para-hydroxylation sites is 2. The SMILES string of the molecule is O=C(c1ccc(Cl)cc1)[C@@H]1[C@@H]2CCCN2[C@]2(C(=O)Nc3c(Cl)cccc32)[C@@]12C(=O)Nc1ccccc12. The van der Waals surface area contributed by atoms with E-state index in [9.17, 15) is 14.4 Å². The summed E-state index contributed by atoms with van der Waals surface area (Å²) in [4.78, 5) is 45.2. The largest absolute Gasteiger partial charge is 0.325 e. The molecular weight excluding hydrogens is 497 g/mol. The first kappa shape index (κ1) is 22.0. The highest BCUT2D eigenvalue weighted by Crippen LogP contribution is 2.68. The molecule has 36 heavy (non-hydrogen) atoms. The smallest absolute Gasteiger partial charge is 0.251 e. The number of anilines is 2. The van der Waals surface area contributed by atoms with Crippen molar-refractivity contribution < 1.29 is 14.4 Å². The quantitative estimate of drug-likeness (QED) is 0.468. The van der Waals surface area contributed by atoms with Gasteiger partial charge in [0.05, 0.1) is 16.6 Å². The van der Waals surface area contributed by atoms with Gasteiger partial charge in [-0.15, -0.1) is 0 Å². The number of hydrogen-bond donors (Lipinski definition) is 2. The first-order chi connectivity index (χ1) is 17.4. The predicted octanol–water partition coefficient (Wildman–Crippen LogP) is 5.01. The van der Waals surface area contributed by atoms with Gasteiger partial charge < -0.3 is 10.6 Å². The minimum Gasteiger partial charge on any atom is -0.325 e. The summed E-state index contributed by atoms with van der Waals surface area (Å²) in [5.41, 5.74) is 0.00844. The maximum Gasteiger partial charge on any atom is 0.251 e. The van der Waals surface area contributed by atoms with E-state index >= 15 is 0 Å². The van der Waals surface area contributed by atoms with Crippen molar-refractivity contribution in [3.05, 3.63) is 93.5 Å². The van der Waals surface area contributed by atoms with Gasteiger partial charge in [0.25, 0.3) is 5.91 Å². The van der Waals surface area contributed by atoms with Gasteiger partial charge in [-0.25, -0.2) is 0 Å². The van der Waals surface area contributed by atoms with Crippen LogP contribution in [0, 0.1) is 5.92 Å². The predicted molar refractivity (Wildman–Crippen MR) is 138 cm³/mol. The van der Waals surface area contributed by atoms with E-state index in [0.717, 1.165) is 6.42 Å². The monoisotopic (exact) mass is 517 g/mol. The van der Waals surface area contributed by atoms with Crippen LogP contribution < -0.4 is 10.6 Å². The minimum atomic E-state index is -1.48. The number of benzene rings is 3. The van der Waals surface area contributed by atoms with Gasteiger partial charge in [-0.1, -0.05) is 53.5 Å². The lowest BCUT2D eigenvalue weighted by atomic mass is 9.57. The highest BCUT2D eigenvalue weighted by molar-refractivity contribution is 6.35. The molecule has 2 amide bonds. The Bertz CT molecular complexity index is 1490. The number of nitrogens with one attached hydrogen (secondary N) is 2. The van der Waals surface area contributed by atoms with Crippen LogP contribution >= 0.6 is 23.2 Å². The number of halogens is 2. The third-order valence-corrected chi connectivity index (χ3v) is 9.06. The van der Waals surface area contributed by atoms with Crippen LogP contribution in [0.25, 0.3) is 0 Å². The molecule has 0 radical (unpaired) electrons. The van der Waals surface area contributed by atoms with Crippen LogP contribution in [0.1, 0.15) is 34.3 Å². The standard InChI is InChI=1S/C28H21Cl2N3O3/c29-16-12-10-15(11-13-16)24(34)22-21-9-4-14-33(21)28(18-6-3-7-19(30)23(18)32-26(28)36)27(22)17-5-1-2-8-20(17)31-25(27)35/h1-3,5-8,10-13,21-22H,4,9,14H2,(H,31,35)(H,32,36)/t21-,22-,27+,28+/m0/s1. The van der Waals surface area contributed by atoms with Crippen molar-refractivity contribution in [2.45, 2.75) is 29.8 Å². The average Bonchev–Trinajstić information content (AvgIpc) is 3.59. The summed E-state index contributed by atoms with van der Waals surface area (Å²) < 4.78 is 0. The van der Waals surface area contributed by atoms with Crippen molar-refractivity contribution in [1.82, 2.24) is 4.90 Å². The van der Waals surface area contributed by atoms with Crippen molar-refractivity contribution in [2.75, 3.05) is 17.2 Å².